The van der Waals surface area contributed by atoms with Crippen LogP contribution in [0.25, 0.3) is 0 Å². The number of carbonyl (C=O) groups excluding carboxylic acids is 1. The molecule has 3 N–H and O–H groups in total. The molecule has 1 heterocycles. The predicted octanol–water partition coefficient (Wildman–Crippen LogP) is 4.04. The fraction of sp³-hybridized carbons (Fsp3) is 0. The number of anilines is 1. The van der Waals surface area contributed by atoms with Gasteiger partial charge in [-0.3, -0.25) is 4.79 Å². The van der Waals surface area contributed by atoms with Crippen molar-refractivity contribution in [3.05, 3.63) is 82.6 Å². The van der Waals surface area contributed by atoms with Crippen LogP contribution in [0.3, 0.4) is 0 Å². The Morgan fingerprint density at radius 1 is 0.957 bits per heavy atom. The van der Waals surface area contributed by atoms with Crippen LogP contribution in [0.1, 0.15) is 15.2 Å². The quantitative estimate of drug-likeness (QED) is 0.562. The van der Waals surface area contributed by atoms with Gasteiger partial charge in [-0.05, 0) is 47.8 Å². The number of aliphatic imine (C=N–C) groups is 1. The fourth-order valence-corrected chi connectivity index (χ4v) is 2.66. The molecule has 5 heteroatoms. The number of hydrogen-bond acceptors (Lipinski definition) is 3. The van der Waals surface area contributed by atoms with Gasteiger partial charge in [-0.2, -0.15) is 0 Å². The Balaban J connectivity index is 1.70. The van der Waals surface area contributed by atoms with Crippen molar-refractivity contribution >= 4 is 34.5 Å². The van der Waals surface area contributed by atoms with Crippen molar-refractivity contribution in [1.29, 1.82) is 0 Å². The Bertz CT molecular complexity index is 809. The molecule has 0 aliphatic rings. The zero-order chi connectivity index (χ0) is 16.1. The number of nitrogens with one attached hydrogen (secondary N) is 1. The van der Waals surface area contributed by atoms with E-state index in [1.807, 2.05) is 47.8 Å². The van der Waals surface area contributed by atoms with Gasteiger partial charge in [0.15, 0.2) is 0 Å². The molecule has 1 amide bonds. The highest BCUT2D eigenvalue weighted by molar-refractivity contribution is 7.12. The summed E-state index contributed by atoms with van der Waals surface area (Å²) in [5.74, 6) is 0.348. The van der Waals surface area contributed by atoms with Crippen LogP contribution in [0.2, 0.25) is 0 Å². The van der Waals surface area contributed by atoms with Crippen LogP contribution in [-0.4, -0.2) is 11.7 Å². The Hall–Kier alpha value is -2.92. The van der Waals surface area contributed by atoms with Crippen molar-refractivity contribution in [2.45, 2.75) is 0 Å². The molecule has 0 unspecified atom stereocenters. The molecule has 3 rings (SSSR count). The molecule has 0 saturated carbocycles. The zero-order valence-electron chi connectivity index (χ0n) is 12.3. The van der Waals surface area contributed by atoms with Crippen LogP contribution < -0.4 is 11.1 Å². The summed E-state index contributed by atoms with van der Waals surface area (Å²) in [6, 6.07) is 20.2. The maximum absolute atomic E-state index is 12.1. The van der Waals surface area contributed by atoms with E-state index in [1.165, 1.54) is 0 Å². The van der Waals surface area contributed by atoms with Crippen molar-refractivity contribution in [2.75, 3.05) is 5.32 Å². The summed E-state index contributed by atoms with van der Waals surface area (Å²) in [5, 5.41) is 4.81. The fourth-order valence-electron chi connectivity index (χ4n) is 2.03. The first-order chi connectivity index (χ1) is 11.2. The van der Waals surface area contributed by atoms with Gasteiger partial charge in [0.2, 0.25) is 0 Å². The molecule has 0 fully saturated rings. The summed E-state index contributed by atoms with van der Waals surface area (Å²) in [4.78, 5) is 17.4. The minimum Gasteiger partial charge on any atom is -0.383 e. The molecule has 3 aromatic rings. The van der Waals surface area contributed by atoms with Gasteiger partial charge in [-0.25, -0.2) is 4.99 Å². The summed E-state index contributed by atoms with van der Waals surface area (Å²) in [6.07, 6.45) is 0. The largest absolute Gasteiger partial charge is 0.383 e. The third kappa shape index (κ3) is 3.84. The van der Waals surface area contributed by atoms with Gasteiger partial charge in [-0.1, -0.05) is 24.3 Å². The predicted molar refractivity (Wildman–Crippen MR) is 95.5 cm³/mol. The molecule has 0 aliphatic heterocycles. The molecule has 114 valence electrons. The summed E-state index contributed by atoms with van der Waals surface area (Å²) >= 11 is 1.55. The summed E-state index contributed by atoms with van der Waals surface area (Å²) < 4.78 is 0. The first-order valence-corrected chi connectivity index (χ1v) is 7.95. The molecule has 2 aromatic carbocycles. The SMILES string of the molecule is NC(=Nc1ccc(NC(=O)c2ccccc2)cc1)c1cccs1. The van der Waals surface area contributed by atoms with E-state index >= 15 is 0 Å². The highest BCUT2D eigenvalue weighted by atomic mass is 32.1. The lowest BCUT2D eigenvalue weighted by molar-refractivity contribution is 0.102. The monoisotopic (exact) mass is 321 g/mol. The molecule has 0 bridgehead atoms. The van der Waals surface area contributed by atoms with E-state index in [9.17, 15) is 4.79 Å². The van der Waals surface area contributed by atoms with Gasteiger partial charge < -0.3 is 11.1 Å². The maximum Gasteiger partial charge on any atom is 0.255 e. The second-order valence-corrected chi connectivity index (χ2v) is 5.79. The molecule has 1 aromatic heterocycles. The first-order valence-electron chi connectivity index (χ1n) is 7.07. The van der Waals surface area contributed by atoms with Gasteiger partial charge in [0.25, 0.3) is 5.91 Å². The topological polar surface area (TPSA) is 67.5 Å². The number of hydrogen-bond donors (Lipinski definition) is 2. The minimum absolute atomic E-state index is 0.139. The Morgan fingerprint density at radius 2 is 1.70 bits per heavy atom. The Morgan fingerprint density at radius 3 is 2.35 bits per heavy atom. The highest BCUT2D eigenvalue weighted by Gasteiger charge is 2.05. The number of amides is 1. The van der Waals surface area contributed by atoms with Crippen molar-refractivity contribution in [3.63, 3.8) is 0 Å². The summed E-state index contributed by atoms with van der Waals surface area (Å²) in [5.41, 5.74) is 8.04. The van der Waals surface area contributed by atoms with Gasteiger partial charge in [0, 0.05) is 11.3 Å². The van der Waals surface area contributed by atoms with Gasteiger partial charge in [0.1, 0.15) is 5.84 Å². The van der Waals surface area contributed by atoms with Gasteiger partial charge in [-0.15, -0.1) is 11.3 Å². The molecule has 0 spiro atoms. The van der Waals surface area contributed by atoms with Crippen LogP contribution in [0.4, 0.5) is 11.4 Å². The highest BCUT2D eigenvalue weighted by Crippen LogP contribution is 2.19. The Labute approximate surface area is 138 Å². The number of nitrogens with zero attached hydrogens (tertiary/aromatic N) is 1. The standard InChI is InChI=1S/C18H15N3OS/c19-17(16-7-4-12-23-16)20-14-8-10-15(11-9-14)21-18(22)13-5-2-1-3-6-13/h1-12H,(H2,19,20)(H,21,22). The lowest BCUT2D eigenvalue weighted by Crippen LogP contribution is -2.11. The van der Waals surface area contributed by atoms with E-state index in [0.717, 1.165) is 10.6 Å². The maximum atomic E-state index is 12.1. The van der Waals surface area contributed by atoms with Crippen LogP contribution in [0, 0.1) is 0 Å². The van der Waals surface area contributed by atoms with E-state index in [1.54, 1.807) is 35.6 Å². The number of amidine groups is 1. The van der Waals surface area contributed by atoms with Crippen LogP contribution in [0.5, 0.6) is 0 Å². The van der Waals surface area contributed by atoms with Crippen LogP contribution >= 0.6 is 11.3 Å². The molecule has 23 heavy (non-hydrogen) atoms. The molecule has 0 atom stereocenters. The van der Waals surface area contributed by atoms with Gasteiger partial charge >= 0.3 is 0 Å². The number of benzene rings is 2. The van der Waals surface area contributed by atoms with E-state index < -0.39 is 0 Å². The number of nitrogens with two attached hydrogens (primary N) is 1. The lowest BCUT2D eigenvalue weighted by Gasteiger charge is -2.05. The van der Waals surface area contributed by atoms with Crippen molar-refractivity contribution in [2.24, 2.45) is 10.7 Å². The first kappa shape index (κ1) is 15.0. The zero-order valence-corrected chi connectivity index (χ0v) is 13.1. The average molecular weight is 321 g/mol. The summed E-state index contributed by atoms with van der Waals surface area (Å²) in [7, 11) is 0. The number of rotatable bonds is 4. The number of thiophene rings is 1. The molecule has 4 nitrogen and oxygen atoms in total. The molecular formula is C18H15N3OS. The minimum atomic E-state index is -0.139. The summed E-state index contributed by atoms with van der Waals surface area (Å²) in [6.45, 7) is 0. The van der Waals surface area contributed by atoms with Crippen molar-refractivity contribution < 1.29 is 4.79 Å². The van der Waals surface area contributed by atoms with E-state index in [0.29, 0.717) is 17.1 Å². The molecule has 0 aliphatic carbocycles. The number of carbonyl (C=O) groups is 1. The normalized spacial score (nSPS) is 11.2. The van der Waals surface area contributed by atoms with Crippen molar-refractivity contribution in [1.82, 2.24) is 0 Å². The third-order valence-corrected chi connectivity index (χ3v) is 4.08. The molecule has 0 radical (unpaired) electrons. The second kappa shape index (κ2) is 6.89. The van der Waals surface area contributed by atoms with Crippen molar-refractivity contribution in [3.8, 4) is 0 Å². The van der Waals surface area contributed by atoms with E-state index in [-0.39, 0.29) is 5.91 Å². The Kier molecular flexibility index (Phi) is 4.49. The van der Waals surface area contributed by atoms with E-state index in [4.69, 9.17) is 5.73 Å². The average Bonchev–Trinajstić information content (AvgIpc) is 3.12. The van der Waals surface area contributed by atoms with Crippen LogP contribution in [0.15, 0.2) is 77.1 Å². The van der Waals surface area contributed by atoms with E-state index in [2.05, 4.69) is 10.3 Å². The lowest BCUT2D eigenvalue weighted by atomic mass is 10.2. The molecular weight excluding hydrogens is 306 g/mol. The van der Waals surface area contributed by atoms with Gasteiger partial charge in [0.05, 0.1) is 10.6 Å². The molecule has 0 saturated heterocycles. The van der Waals surface area contributed by atoms with Crippen LogP contribution in [-0.2, 0) is 0 Å². The smallest absolute Gasteiger partial charge is 0.255 e. The second-order valence-electron chi connectivity index (χ2n) is 4.84. The third-order valence-electron chi connectivity index (χ3n) is 3.18.